The van der Waals surface area contributed by atoms with E-state index >= 15 is 0 Å². The van der Waals surface area contributed by atoms with Crippen LogP contribution < -0.4 is 5.32 Å². The highest BCUT2D eigenvalue weighted by atomic mass is 79.9. The van der Waals surface area contributed by atoms with Gasteiger partial charge in [-0.05, 0) is 31.0 Å². The number of rotatable bonds is 6. The van der Waals surface area contributed by atoms with Crippen molar-refractivity contribution < 1.29 is 5.11 Å². The van der Waals surface area contributed by atoms with Crippen molar-refractivity contribution in [1.82, 2.24) is 5.32 Å². The third kappa shape index (κ3) is 4.41. The van der Waals surface area contributed by atoms with Crippen LogP contribution in [0.5, 0.6) is 0 Å². The summed E-state index contributed by atoms with van der Waals surface area (Å²) in [5.41, 5.74) is 1.23. The molecule has 0 saturated heterocycles. The summed E-state index contributed by atoms with van der Waals surface area (Å²) < 4.78 is 1.10. The van der Waals surface area contributed by atoms with Gasteiger partial charge < -0.3 is 10.4 Å². The van der Waals surface area contributed by atoms with Gasteiger partial charge in [0.25, 0.3) is 0 Å². The van der Waals surface area contributed by atoms with Crippen molar-refractivity contribution in [2.24, 2.45) is 5.41 Å². The predicted octanol–water partition coefficient (Wildman–Crippen LogP) is 3.51. The van der Waals surface area contributed by atoms with Crippen LogP contribution in [0, 0.1) is 5.41 Å². The zero-order chi connectivity index (χ0) is 12.9. The summed E-state index contributed by atoms with van der Waals surface area (Å²) in [5, 5.41) is 12.9. The van der Waals surface area contributed by atoms with Crippen molar-refractivity contribution in [2.75, 3.05) is 13.2 Å². The molecule has 0 amide bonds. The van der Waals surface area contributed by atoms with Crippen molar-refractivity contribution in [3.05, 3.63) is 34.3 Å². The molecule has 0 fully saturated rings. The predicted molar refractivity (Wildman–Crippen MR) is 76.0 cm³/mol. The van der Waals surface area contributed by atoms with Gasteiger partial charge >= 0.3 is 0 Å². The van der Waals surface area contributed by atoms with Crippen LogP contribution in [0.1, 0.15) is 38.8 Å². The topological polar surface area (TPSA) is 32.3 Å². The van der Waals surface area contributed by atoms with E-state index in [9.17, 15) is 5.11 Å². The second-order valence-electron chi connectivity index (χ2n) is 4.98. The van der Waals surface area contributed by atoms with Crippen molar-refractivity contribution in [3.8, 4) is 0 Å². The van der Waals surface area contributed by atoms with E-state index < -0.39 is 0 Å². The van der Waals surface area contributed by atoms with Crippen LogP contribution in [0.3, 0.4) is 0 Å². The molecule has 0 aliphatic carbocycles. The van der Waals surface area contributed by atoms with Gasteiger partial charge in [0.1, 0.15) is 0 Å². The van der Waals surface area contributed by atoms with Gasteiger partial charge in [-0.25, -0.2) is 0 Å². The standard InChI is InChI=1S/C14H22BrNO/c1-4-14(3,10-17)9-16-11(2)12-6-5-7-13(15)8-12/h5-8,11,16-17H,4,9-10H2,1-3H3/t11-,14?/m0/s1. The lowest BCUT2D eigenvalue weighted by atomic mass is 9.88. The van der Waals surface area contributed by atoms with Crippen molar-refractivity contribution >= 4 is 15.9 Å². The van der Waals surface area contributed by atoms with Gasteiger partial charge in [-0.15, -0.1) is 0 Å². The molecule has 0 heterocycles. The molecule has 0 spiro atoms. The molecular weight excluding hydrogens is 278 g/mol. The molecule has 2 nitrogen and oxygen atoms in total. The maximum absolute atomic E-state index is 9.37. The fourth-order valence-electron chi connectivity index (χ4n) is 1.59. The molecule has 1 rings (SSSR count). The fourth-order valence-corrected chi connectivity index (χ4v) is 2.00. The van der Waals surface area contributed by atoms with E-state index in [2.05, 4.69) is 54.2 Å². The van der Waals surface area contributed by atoms with Crippen LogP contribution in [0.4, 0.5) is 0 Å². The Morgan fingerprint density at radius 1 is 1.47 bits per heavy atom. The van der Waals surface area contributed by atoms with E-state index in [1.807, 2.05) is 12.1 Å². The van der Waals surface area contributed by atoms with Crippen molar-refractivity contribution in [1.29, 1.82) is 0 Å². The first kappa shape index (κ1) is 14.7. The summed E-state index contributed by atoms with van der Waals surface area (Å²) >= 11 is 3.48. The summed E-state index contributed by atoms with van der Waals surface area (Å²) in [4.78, 5) is 0. The third-order valence-corrected chi connectivity index (χ3v) is 3.91. The number of hydrogen-bond donors (Lipinski definition) is 2. The Hall–Kier alpha value is -0.380. The first-order valence-electron chi connectivity index (χ1n) is 6.10. The summed E-state index contributed by atoms with van der Waals surface area (Å²) in [5.74, 6) is 0. The molecule has 1 unspecified atom stereocenters. The quantitative estimate of drug-likeness (QED) is 0.842. The summed E-state index contributed by atoms with van der Waals surface area (Å²) in [6.07, 6.45) is 0.974. The molecule has 0 bridgehead atoms. The average molecular weight is 300 g/mol. The molecule has 0 aliphatic rings. The third-order valence-electron chi connectivity index (χ3n) is 3.42. The van der Waals surface area contributed by atoms with E-state index in [1.54, 1.807) is 0 Å². The minimum absolute atomic E-state index is 0.0275. The minimum Gasteiger partial charge on any atom is -0.396 e. The van der Waals surface area contributed by atoms with Crippen LogP contribution in [-0.2, 0) is 0 Å². The highest BCUT2D eigenvalue weighted by Crippen LogP contribution is 2.22. The van der Waals surface area contributed by atoms with Gasteiger partial charge in [0.15, 0.2) is 0 Å². The van der Waals surface area contributed by atoms with Gasteiger partial charge in [-0.2, -0.15) is 0 Å². The molecule has 1 aromatic carbocycles. The molecule has 0 saturated carbocycles. The highest BCUT2D eigenvalue weighted by molar-refractivity contribution is 9.10. The first-order valence-corrected chi connectivity index (χ1v) is 6.90. The molecule has 3 heteroatoms. The second kappa shape index (κ2) is 6.53. The first-order chi connectivity index (χ1) is 8.00. The van der Waals surface area contributed by atoms with E-state index in [0.717, 1.165) is 17.4 Å². The number of benzene rings is 1. The van der Waals surface area contributed by atoms with Gasteiger partial charge in [0, 0.05) is 29.1 Å². The Morgan fingerprint density at radius 2 is 2.18 bits per heavy atom. The van der Waals surface area contributed by atoms with Crippen molar-refractivity contribution in [3.63, 3.8) is 0 Å². The Morgan fingerprint density at radius 3 is 2.71 bits per heavy atom. The summed E-state index contributed by atoms with van der Waals surface area (Å²) in [6, 6.07) is 8.61. The van der Waals surface area contributed by atoms with Crippen molar-refractivity contribution in [2.45, 2.75) is 33.2 Å². The zero-order valence-electron chi connectivity index (χ0n) is 10.8. The number of aliphatic hydroxyl groups is 1. The summed E-state index contributed by atoms with van der Waals surface area (Å²) in [7, 11) is 0. The Labute approximate surface area is 113 Å². The molecule has 0 radical (unpaired) electrons. The maximum Gasteiger partial charge on any atom is 0.0496 e. The average Bonchev–Trinajstić information content (AvgIpc) is 2.35. The van der Waals surface area contributed by atoms with Crippen LogP contribution >= 0.6 is 15.9 Å². The highest BCUT2D eigenvalue weighted by Gasteiger charge is 2.21. The molecular formula is C14H22BrNO. The number of aliphatic hydroxyl groups excluding tert-OH is 1. The van der Waals surface area contributed by atoms with Gasteiger partial charge in [0.05, 0.1) is 0 Å². The lowest BCUT2D eigenvalue weighted by molar-refractivity contribution is 0.132. The van der Waals surface area contributed by atoms with Crippen LogP contribution in [0.25, 0.3) is 0 Å². The molecule has 2 N–H and O–H groups in total. The number of halogens is 1. The lowest BCUT2D eigenvalue weighted by Gasteiger charge is -2.28. The van der Waals surface area contributed by atoms with E-state index in [0.29, 0.717) is 6.04 Å². The smallest absolute Gasteiger partial charge is 0.0496 e. The summed E-state index contributed by atoms with van der Waals surface area (Å²) in [6.45, 7) is 7.42. The minimum atomic E-state index is -0.0275. The molecule has 0 aromatic heterocycles. The Balaban J connectivity index is 2.58. The maximum atomic E-state index is 9.37. The Bertz CT molecular complexity index is 350. The molecule has 2 atom stereocenters. The van der Waals surface area contributed by atoms with Gasteiger partial charge in [-0.1, -0.05) is 41.9 Å². The van der Waals surface area contributed by atoms with Crippen LogP contribution in [0.2, 0.25) is 0 Å². The molecule has 1 aromatic rings. The SMILES string of the molecule is CCC(C)(CO)CN[C@@H](C)c1cccc(Br)c1. The number of hydrogen-bond acceptors (Lipinski definition) is 2. The molecule has 0 aliphatic heterocycles. The largest absolute Gasteiger partial charge is 0.396 e. The van der Waals surface area contributed by atoms with E-state index in [4.69, 9.17) is 0 Å². The fraction of sp³-hybridized carbons (Fsp3) is 0.571. The van der Waals surface area contributed by atoms with Crippen LogP contribution in [0.15, 0.2) is 28.7 Å². The normalized spacial score (nSPS) is 16.5. The van der Waals surface area contributed by atoms with Gasteiger partial charge in [0.2, 0.25) is 0 Å². The monoisotopic (exact) mass is 299 g/mol. The molecule has 96 valence electrons. The molecule has 17 heavy (non-hydrogen) atoms. The zero-order valence-corrected chi connectivity index (χ0v) is 12.4. The number of nitrogens with one attached hydrogen (secondary N) is 1. The van der Waals surface area contributed by atoms with E-state index in [-0.39, 0.29) is 12.0 Å². The van der Waals surface area contributed by atoms with E-state index in [1.165, 1.54) is 5.56 Å². The lowest BCUT2D eigenvalue weighted by Crippen LogP contribution is -2.35. The Kier molecular flexibility index (Phi) is 5.63. The van der Waals surface area contributed by atoms with Gasteiger partial charge in [-0.3, -0.25) is 0 Å². The second-order valence-corrected chi connectivity index (χ2v) is 5.90. The van der Waals surface area contributed by atoms with Crippen LogP contribution in [-0.4, -0.2) is 18.3 Å².